The van der Waals surface area contributed by atoms with Crippen LogP contribution in [-0.2, 0) is 4.79 Å². The Labute approximate surface area is 173 Å². The molecule has 0 saturated carbocycles. The van der Waals surface area contributed by atoms with Crippen LogP contribution in [0.3, 0.4) is 0 Å². The standard InChI is InChI=1S/C22H22FN3O4/c1-15(22(28)24-13-14-30-19-9-5-17(23)6-10-19)26-21(27)12-11-20(25-26)16-3-7-18(29-2)8-4-16/h3-12,15H,13-14H2,1-2H3,(H,24,28). The number of benzene rings is 2. The fourth-order valence-corrected chi connectivity index (χ4v) is 2.75. The maximum absolute atomic E-state index is 12.9. The van der Waals surface area contributed by atoms with E-state index in [1.807, 2.05) is 12.1 Å². The van der Waals surface area contributed by atoms with Crippen LogP contribution in [0.4, 0.5) is 4.39 Å². The van der Waals surface area contributed by atoms with Crippen molar-refractivity contribution in [3.05, 3.63) is 76.8 Å². The van der Waals surface area contributed by atoms with Gasteiger partial charge in [-0.2, -0.15) is 5.10 Å². The molecule has 1 atom stereocenters. The first kappa shape index (κ1) is 21.0. The van der Waals surface area contributed by atoms with Crippen molar-refractivity contribution in [2.45, 2.75) is 13.0 Å². The maximum Gasteiger partial charge on any atom is 0.267 e. The minimum Gasteiger partial charge on any atom is -0.497 e. The van der Waals surface area contributed by atoms with Crippen molar-refractivity contribution in [1.29, 1.82) is 0 Å². The van der Waals surface area contributed by atoms with E-state index in [0.717, 1.165) is 10.2 Å². The number of ether oxygens (including phenoxy) is 2. The van der Waals surface area contributed by atoms with Crippen LogP contribution in [0.2, 0.25) is 0 Å². The molecule has 8 heteroatoms. The molecule has 0 fully saturated rings. The van der Waals surface area contributed by atoms with Gasteiger partial charge in [-0.1, -0.05) is 0 Å². The smallest absolute Gasteiger partial charge is 0.267 e. The minimum atomic E-state index is -0.804. The van der Waals surface area contributed by atoms with Gasteiger partial charge in [0, 0.05) is 11.6 Å². The Morgan fingerprint density at radius 2 is 1.73 bits per heavy atom. The molecule has 1 amide bonds. The van der Waals surface area contributed by atoms with E-state index >= 15 is 0 Å². The van der Waals surface area contributed by atoms with Gasteiger partial charge in [-0.15, -0.1) is 0 Å². The van der Waals surface area contributed by atoms with Crippen LogP contribution >= 0.6 is 0 Å². The summed E-state index contributed by atoms with van der Waals surface area (Å²) in [4.78, 5) is 24.7. The zero-order chi connectivity index (χ0) is 21.5. The predicted molar refractivity (Wildman–Crippen MR) is 110 cm³/mol. The number of halogens is 1. The van der Waals surface area contributed by atoms with Crippen LogP contribution in [0.25, 0.3) is 11.3 Å². The summed E-state index contributed by atoms with van der Waals surface area (Å²) in [6.07, 6.45) is 0. The lowest BCUT2D eigenvalue weighted by Gasteiger charge is -2.15. The molecule has 0 aliphatic rings. The molecule has 0 aliphatic carbocycles. The number of amides is 1. The molecule has 156 valence electrons. The lowest BCUT2D eigenvalue weighted by molar-refractivity contribution is -0.124. The van der Waals surface area contributed by atoms with Crippen molar-refractivity contribution in [3.8, 4) is 22.8 Å². The highest BCUT2D eigenvalue weighted by Crippen LogP contribution is 2.20. The highest BCUT2D eigenvalue weighted by molar-refractivity contribution is 5.79. The van der Waals surface area contributed by atoms with Gasteiger partial charge in [0.05, 0.1) is 19.3 Å². The Hall–Kier alpha value is -3.68. The summed E-state index contributed by atoms with van der Waals surface area (Å²) in [6.45, 7) is 2.04. The number of hydrogen-bond acceptors (Lipinski definition) is 5. The quantitative estimate of drug-likeness (QED) is 0.577. The van der Waals surface area contributed by atoms with Crippen molar-refractivity contribution >= 4 is 5.91 Å². The number of hydrogen-bond donors (Lipinski definition) is 1. The van der Waals surface area contributed by atoms with Gasteiger partial charge in [0.25, 0.3) is 5.56 Å². The van der Waals surface area contributed by atoms with Crippen LogP contribution < -0.4 is 20.3 Å². The van der Waals surface area contributed by atoms with Crippen LogP contribution in [-0.4, -0.2) is 35.9 Å². The molecule has 30 heavy (non-hydrogen) atoms. The number of carbonyl (C=O) groups is 1. The van der Waals surface area contributed by atoms with Crippen LogP contribution in [0.1, 0.15) is 13.0 Å². The molecule has 3 rings (SSSR count). The zero-order valence-electron chi connectivity index (χ0n) is 16.7. The van der Waals surface area contributed by atoms with Gasteiger partial charge in [-0.3, -0.25) is 9.59 Å². The van der Waals surface area contributed by atoms with E-state index in [0.29, 0.717) is 17.2 Å². The topological polar surface area (TPSA) is 82.5 Å². The molecule has 1 heterocycles. The fourth-order valence-electron chi connectivity index (χ4n) is 2.75. The normalized spacial score (nSPS) is 11.6. The third-order valence-corrected chi connectivity index (χ3v) is 4.44. The zero-order valence-corrected chi connectivity index (χ0v) is 16.7. The lowest BCUT2D eigenvalue weighted by Crippen LogP contribution is -2.38. The highest BCUT2D eigenvalue weighted by Gasteiger charge is 2.17. The van der Waals surface area contributed by atoms with E-state index in [4.69, 9.17) is 9.47 Å². The molecular weight excluding hydrogens is 389 g/mol. The van der Waals surface area contributed by atoms with Gasteiger partial charge in [0.2, 0.25) is 5.91 Å². The lowest BCUT2D eigenvalue weighted by atomic mass is 10.1. The second-order valence-corrected chi connectivity index (χ2v) is 6.50. The second kappa shape index (κ2) is 9.69. The summed E-state index contributed by atoms with van der Waals surface area (Å²) in [5.74, 6) is 0.505. The summed E-state index contributed by atoms with van der Waals surface area (Å²) in [7, 11) is 1.58. The third kappa shape index (κ3) is 5.22. The van der Waals surface area contributed by atoms with Crippen molar-refractivity contribution in [2.24, 2.45) is 0 Å². The monoisotopic (exact) mass is 411 g/mol. The SMILES string of the molecule is COc1ccc(-c2ccc(=O)n(C(C)C(=O)NCCOc3ccc(F)cc3)n2)cc1. The molecule has 3 aromatic rings. The van der Waals surface area contributed by atoms with Gasteiger partial charge in [0.1, 0.15) is 30.0 Å². The molecular formula is C22H22FN3O4. The Bertz CT molecular complexity index is 1050. The van der Waals surface area contributed by atoms with Gasteiger partial charge in [0.15, 0.2) is 0 Å². The van der Waals surface area contributed by atoms with E-state index in [1.165, 1.54) is 30.3 Å². The van der Waals surface area contributed by atoms with Gasteiger partial charge in [-0.25, -0.2) is 9.07 Å². The average Bonchev–Trinajstić information content (AvgIpc) is 2.77. The first-order chi connectivity index (χ1) is 14.5. The molecule has 7 nitrogen and oxygen atoms in total. The molecule has 2 aromatic carbocycles. The average molecular weight is 411 g/mol. The number of methoxy groups -OCH3 is 1. The fraction of sp³-hybridized carbons (Fsp3) is 0.227. The molecule has 0 spiro atoms. The van der Waals surface area contributed by atoms with E-state index in [-0.39, 0.29) is 30.4 Å². The molecule has 0 radical (unpaired) electrons. The molecule has 0 saturated heterocycles. The summed E-state index contributed by atoms with van der Waals surface area (Å²) in [6, 6.07) is 15.0. The maximum atomic E-state index is 12.9. The van der Waals surface area contributed by atoms with E-state index in [9.17, 15) is 14.0 Å². The summed E-state index contributed by atoms with van der Waals surface area (Å²) < 4.78 is 24.6. The van der Waals surface area contributed by atoms with Crippen molar-refractivity contribution in [3.63, 3.8) is 0 Å². The van der Waals surface area contributed by atoms with Crippen LogP contribution in [0.5, 0.6) is 11.5 Å². The van der Waals surface area contributed by atoms with E-state index < -0.39 is 6.04 Å². The van der Waals surface area contributed by atoms with Crippen molar-refractivity contribution < 1.29 is 18.7 Å². The molecule has 0 aliphatic heterocycles. The van der Waals surface area contributed by atoms with E-state index in [1.54, 1.807) is 32.2 Å². The van der Waals surface area contributed by atoms with Gasteiger partial charge >= 0.3 is 0 Å². The molecule has 0 bridgehead atoms. The van der Waals surface area contributed by atoms with Crippen LogP contribution in [0, 0.1) is 5.82 Å². The molecule has 1 N–H and O–H groups in total. The van der Waals surface area contributed by atoms with E-state index in [2.05, 4.69) is 10.4 Å². The third-order valence-electron chi connectivity index (χ3n) is 4.44. The second-order valence-electron chi connectivity index (χ2n) is 6.50. The number of nitrogens with zero attached hydrogens (tertiary/aromatic N) is 2. The number of aromatic nitrogens is 2. The Morgan fingerprint density at radius 1 is 1.07 bits per heavy atom. The van der Waals surface area contributed by atoms with Gasteiger partial charge in [-0.05, 0) is 61.5 Å². The number of nitrogens with one attached hydrogen (secondary N) is 1. The minimum absolute atomic E-state index is 0.207. The van der Waals surface area contributed by atoms with Crippen molar-refractivity contribution in [1.82, 2.24) is 15.1 Å². The highest BCUT2D eigenvalue weighted by atomic mass is 19.1. The predicted octanol–water partition coefficient (Wildman–Crippen LogP) is 2.81. The van der Waals surface area contributed by atoms with Crippen molar-refractivity contribution in [2.75, 3.05) is 20.3 Å². The Kier molecular flexibility index (Phi) is 6.79. The molecule has 1 unspecified atom stereocenters. The largest absolute Gasteiger partial charge is 0.497 e. The first-order valence-corrected chi connectivity index (χ1v) is 9.38. The summed E-state index contributed by atoms with van der Waals surface area (Å²) >= 11 is 0. The number of carbonyl (C=O) groups excluding carboxylic acids is 1. The molecule has 1 aromatic heterocycles. The summed E-state index contributed by atoms with van der Waals surface area (Å²) in [5, 5.41) is 7.05. The Morgan fingerprint density at radius 3 is 2.40 bits per heavy atom. The first-order valence-electron chi connectivity index (χ1n) is 9.38. The van der Waals surface area contributed by atoms with Gasteiger partial charge < -0.3 is 14.8 Å². The Balaban J connectivity index is 1.61. The summed E-state index contributed by atoms with van der Waals surface area (Å²) in [5.41, 5.74) is 0.985. The van der Waals surface area contributed by atoms with Crippen LogP contribution in [0.15, 0.2) is 65.5 Å². The number of rotatable bonds is 8.